The molecular weight excluding hydrogens is 322 g/mol. The number of pyridine rings is 1. The minimum absolute atomic E-state index is 0.782. The van der Waals surface area contributed by atoms with E-state index in [1.165, 1.54) is 0 Å². The summed E-state index contributed by atoms with van der Waals surface area (Å²) >= 11 is 8.43. The lowest BCUT2D eigenvalue weighted by Crippen LogP contribution is -2.08. The molecule has 1 heterocycles. The lowest BCUT2D eigenvalue weighted by Gasteiger charge is -2.13. The smallest absolute Gasteiger partial charge is 0.0719 e. The molecule has 0 unspecified atom stereocenters. The highest BCUT2D eigenvalue weighted by atomic mass is 127. The van der Waals surface area contributed by atoms with E-state index < -0.39 is 0 Å². The first-order chi connectivity index (χ1) is 7.09. The maximum atomic E-state index is 6.24. The maximum absolute atomic E-state index is 6.24. The first-order valence-electron chi connectivity index (χ1n) is 4.50. The molecule has 1 aromatic heterocycles. The Morgan fingerprint density at radius 1 is 1.33 bits per heavy atom. The number of hydrogen-bond acceptors (Lipinski definition) is 2. The van der Waals surface area contributed by atoms with Crippen molar-refractivity contribution in [2.24, 2.45) is 0 Å². The molecular formula is C11H10ClIN2. The normalized spacial score (nSPS) is 10.7. The number of benzene rings is 1. The van der Waals surface area contributed by atoms with Gasteiger partial charge in [0.25, 0.3) is 0 Å². The van der Waals surface area contributed by atoms with Crippen LogP contribution in [0.4, 0.5) is 5.69 Å². The van der Waals surface area contributed by atoms with E-state index in [9.17, 15) is 0 Å². The van der Waals surface area contributed by atoms with Crippen LogP contribution < -0.4 is 4.90 Å². The van der Waals surface area contributed by atoms with Crippen molar-refractivity contribution in [1.82, 2.24) is 4.98 Å². The quantitative estimate of drug-likeness (QED) is 0.742. The molecule has 15 heavy (non-hydrogen) atoms. The number of halogens is 2. The minimum atomic E-state index is 0.782. The second-order valence-electron chi connectivity index (χ2n) is 3.52. The summed E-state index contributed by atoms with van der Waals surface area (Å²) in [5.74, 6) is 0. The highest BCUT2D eigenvalue weighted by molar-refractivity contribution is 14.1. The van der Waals surface area contributed by atoms with Crippen LogP contribution in [-0.2, 0) is 0 Å². The third-order valence-corrected chi connectivity index (χ3v) is 3.80. The van der Waals surface area contributed by atoms with E-state index in [-0.39, 0.29) is 0 Å². The van der Waals surface area contributed by atoms with Crippen LogP contribution in [-0.4, -0.2) is 19.1 Å². The van der Waals surface area contributed by atoms with Crippen molar-refractivity contribution in [2.75, 3.05) is 19.0 Å². The summed E-state index contributed by atoms with van der Waals surface area (Å²) in [6.45, 7) is 0. The Hall–Kier alpha value is -0.550. The second-order valence-corrected chi connectivity index (χ2v) is 5.06. The molecule has 78 valence electrons. The molecule has 2 rings (SSSR count). The average molecular weight is 333 g/mol. The largest absolute Gasteiger partial charge is 0.378 e. The van der Waals surface area contributed by atoms with E-state index in [0.717, 1.165) is 25.2 Å². The molecule has 0 atom stereocenters. The van der Waals surface area contributed by atoms with Crippen molar-refractivity contribution in [1.29, 1.82) is 0 Å². The van der Waals surface area contributed by atoms with Gasteiger partial charge in [-0.1, -0.05) is 11.6 Å². The van der Waals surface area contributed by atoms with Crippen LogP contribution in [0, 0.1) is 3.57 Å². The van der Waals surface area contributed by atoms with Gasteiger partial charge < -0.3 is 4.90 Å². The SMILES string of the molecule is CN(C)c1ccc2ncc(I)c(Cl)c2c1. The summed E-state index contributed by atoms with van der Waals surface area (Å²) < 4.78 is 0.984. The number of fused-ring (bicyclic) bond motifs is 1. The Bertz CT molecular complexity index is 511. The number of aromatic nitrogens is 1. The molecule has 4 heteroatoms. The summed E-state index contributed by atoms with van der Waals surface area (Å²) in [6.07, 6.45) is 1.79. The van der Waals surface area contributed by atoms with E-state index in [0.29, 0.717) is 0 Å². The molecule has 0 saturated heterocycles. The number of hydrogen-bond donors (Lipinski definition) is 0. The summed E-state index contributed by atoms with van der Waals surface area (Å²) in [5, 5.41) is 1.79. The molecule has 0 spiro atoms. The van der Waals surface area contributed by atoms with Crippen LogP contribution >= 0.6 is 34.2 Å². The fourth-order valence-electron chi connectivity index (χ4n) is 1.40. The van der Waals surface area contributed by atoms with Crippen molar-refractivity contribution in [3.63, 3.8) is 0 Å². The Kier molecular flexibility index (Phi) is 3.02. The molecule has 0 aliphatic heterocycles. The Morgan fingerprint density at radius 2 is 2.07 bits per heavy atom. The zero-order valence-electron chi connectivity index (χ0n) is 8.46. The fourth-order valence-corrected chi connectivity index (χ4v) is 2.03. The van der Waals surface area contributed by atoms with E-state index in [1.807, 2.05) is 26.2 Å². The highest BCUT2D eigenvalue weighted by Gasteiger charge is 2.06. The topological polar surface area (TPSA) is 16.1 Å². The van der Waals surface area contributed by atoms with Crippen LogP contribution in [0.3, 0.4) is 0 Å². The Morgan fingerprint density at radius 3 is 2.73 bits per heavy atom. The summed E-state index contributed by atoms with van der Waals surface area (Å²) in [6, 6.07) is 6.10. The van der Waals surface area contributed by atoms with Crippen LogP contribution in [0.15, 0.2) is 24.4 Å². The lowest BCUT2D eigenvalue weighted by atomic mass is 10.2. The van der Waals surface area contributed by atoms with Gasteiger partial charge in [-0.3, -0.25) is 4.98 Å². The molecule has 2 aromatic rings. The first kappa shape index (κ1) is 11.0. The molecule has 0 fully saturated rings. The van der Waals surface area contributed by atoms with Crippen molar-refractivity contribution >= 4 is 50.8 Å². The summed E-state index contributed by atoms with van der Waals surface area (Å²) in [4.78, 5) is 6.38. The second kappa shape index (κ2) is 4.14. The molecule has 0 saturated carbocycles. The number of nitrogens with zero attached hydrogens (tertiary/aromatic N) is 2. The van der Waals surface area contributed by atoms with Crippen molar-refractivity contribution in [3.8, 4) is 0 Å². The predicted octanol–water partition coefficient (Wildman–Crippen LogP) is 3.56. The highest BCUT2D eigenvalue weighted by Crippen LogP contribution is 2.29. The standard InChI is InChI=1S/C11H10ClIN2/c1-15(2)7-3-4-10-8(5-7)11(12)9(13)6-14-10/h3-6H,1-2H3. The van der Waals surface area contributed by atoms with Crippen LogP contribution in [0.5, 0.6) is 0 Å². The molecule has 0 radical (unpaired) electrons. The zero-order chi connectivity index (χ0) is 11.0. The maximum Gasteiger partial charge on any atom is 0.0719 e. The number of rotatable bonds is 1. The third-order valence-electron chi connectivity index (χ3n) is 2.26. The van der Waals surface area contributed by atoms with Gasteiger partial charge in [-0.15, -0.1) is 0 Å². The van der Waals surface area contributed by atoms with Gasteiger partial charge in [-0.25, -0.2) is 0 Å². The first-order valence-corrected chi connectivity index (χ1v) is 5.96. The molecule has 2 nitrogen and oxygen atoms in total. The van der Waals surface area contributed by atoms with Crippen LogP contribution in [0.1, 0.15) is 0 Å². The van der Waals surface area contributed by atoms with Gasteiger partial charge in [0.05, 0.1) is 14.1 Å². The average Bonchev–Trinajstić information content (AvgIpc) is 2.23. The molecule has 0 bridgehead atoms. The summed E-state index contributed by atoms with van der Waals surface area (Å²) in [5.41, 5.74) is 2.07. The third kappa shape index (κ3) is 2.03. The zero-order valence-corrected chi connectivity index (χ0v) is 11.4. The molecule has 0 amide bonds. The molecule has 0 aliphatic rings. The van der Waals surface area contributed by atoms with Gasteiger partial charge >= 0.3 is 0 Å². The minimum Gasteiger partial charge on any atom is -0.378 e. The van der Waals surface area contributed by atoms with Gasteiger partial charge in [0.15, 0.2) is 0 Å². The number of anilines is 1. The van der Waals surface area contributed by atoms with E-state index in [1.54, 1.807) is 6.20 Å². The molecule has 0 aliphatic carbocycles. The Labute approximate surface area is 107 Å². The fraction of sp³-hybridized carbons (Fsp3) is 0.182. The van der Waals surface area contributed by atoms with Gasteiger partial charge in [-0.05, 0) is 40.8 Å². The van der Waals surface area contributed by atoms with E-state index in [2.05, 4.69) is 38.5 Å². The van der Waals surface area contributed by atoms with Crippen LogP contribution in [0.25, 0.3) is 10.9 Å². The monoisotopic (exact) mass is 332 g/mol. The predicted molar refractivity (Wildman–Crippen MR) is 73.8 cm³/mol. The van der Waals surface area contributed by atoms with Gasteiger partial charge in [-0.2, -0.15) is 0 Å². The van der Waals surface area contributed by atoms with Crippen molar-refractivity contribution in [3.05, 3.63) is 33.0 Å². The van der Waals surface area contributed by atoms with Crippen molar-refractivity contribution < 1.29 is 0 Å². The van der Waals surface area contributed by atoms with Gasteiger partial charge in [0, 0.05) is 31.4 Å². The summed E-state index contributed by atoms with van der Waals surface area (Å²) in [7, 11) is 4.02. The lowest BCUT2D eigenvalue weighted by molar-refractivity contribution is 1.13. The van der Waals surface area contributed by atoms with Crippen molar-refractivity contribution in [2.45, 2.75) is 0 Å². The molecule has 0 N–H and O–H groups in total. The van der Waals surface area contributed by atoms with Gasteiger partial charge in [0.2, 0.25) is 0 Å². The van der Waals surface area contributed by atoms with Gasteiger partial charge in [0.1, 0.15) is 0 Å². The van der Waals surface area contributed by atoms with E-state index >= 15 is 0 Å². The van der Waals surface area contributed by atoms with Crippen LogP contribution in [0.2, 0.25) is 5.02 Å². The Balaban J connectivity index is 2.73. The van der Waals surface area contributed by atoms with E-state index in [4.69, 9.17) is 11.6 Å². The molecule has 1 aromatic carbocycles.